The third-order valence-electron chi connectivity index (χ3n) is 3.67. The molecule has 0 aromatic heterocycles. The average molecular weight is 252 g/mol. The number of nitrogens with one attached hydrogen (secondary N) is 1. The third-order valence-corrected chi connectivity index (χ3v) is 3.67. The molecule has 4 nitrogen and oxygen atoms in total. The molecule has 2 saturated carbocycles. The Morgan fingerprint density at radius 2 is 2.11 bits per heavy atom. The van der Waals surface area contributed by atoms with Crippen molar-refractivity contribution in [3.8, 4) is 6.07 Å². The fourth-order valence-corrected chi connectivity index (χ4v) is 2.21. The van der Waals surface area contributed by atoms with E-state index >= 15 is 0 Å². The van der Waals surface area contributed by atoms with Crippen LogP contribution in [0.5, 0.6) is 0 Å². The standard InChI is InChI=1S/C14H24N2O2/c1-3-17-8-11(2)18-10-14(9-15,12-4-5-12)16-13-6-7-13/h11-13,16H,3-8,10H2,1-2H3. The van der Waals surface area contributed by atoms with Gasteiger partial charge in [-0.2, -0.15) is 5.26 Å². The highest BCUT2D eigenvalue weighted by Gasteiger charge is 2.48. The second kappa shape index (κ2) is 6.01. The van der Waals surface area contributed by atoms with Gasteiger partial charge in [-0.1, -0.05) is 0 Å². The van der Waals surface area contributed by atoms with Gasteiger partial charge >= 0.3 is 0 Å². The minimum Gasteiger partial charge on any atom is -0.379 e. The average Bonchev–Trinajstić information content (AvgIpc) is 3.24. The zero-order chi connectivity index (χ0) is 13.0. The molecule has 0 saturated heterocycles. The summed E-state index contributed by atoms with van der Waals surface area (Å²) in [6.07, 6.45) is 4.75. The van der Waals surface area contributed by atoms with Gasteiger partial charge in [-0.15, -0.1) is 0 Å². The van der Waals surface area contributed by atoms with E-state index in [1.54, 1.807) is 0 Å². The predicted molar refractivity (Wildman–Crippen MR) is 69.1 cm³/mol. The summed E-state index contributed by atoms with van der Waals surface area (Å²) in [6.45, 7) is 5.78. The van der Waals surface area contributed by atoms with Crippen LogP contribution in [-0.2, 0) is 9.47 Å². The zero-order valence-electron chi connectivity index (χ0n) is 11.4. The summed E-state index contributed by atoms with van der Waals surface area (Å²) in [7, 11) is 0. The van der Waals surface area contributed by atoms with Gasteiger partial charge in [0.15, 0.2) is 0 Å². The van der Waals surface area contributed by atoms with E-state index in [0.717, 1.165) is 12.8 Å². The molecule has 1 N–H and O–H groups in total. The predicted octanol–water partition coefficient (Wildman–Crippen LogP) is 1.85. The Morgan fingerprint density at radius 3 is 2.61 bits per heavy atom. The number of hydrogen-bond acceptors (Lipinski definition) is 4. The summed E-state index contributed by atoms with van der Waals surface area (Å²) in [5, 5.41) is 13.0. The van der Waals surface area contributed by atoms with E-state index in [9.17, 15) is 5.26 Å². The van der Waals surface area contributed by atoms with Crippen molar-refractivity contribution in [2.75, 3.05) is 19.8 Å². The van der Waals surface area contributed by atoms with Crippen molar-refractivity contribution < 1.29 is 9.47 Å². The van der Waals surface area contributed by atoms with E-state index in [-0.39, 0.29) is 6.10 Å². The molecule has 0 heterocycles. The van der Waals surface area contributed by atoms with E-state index in [2.05, 4.69) is 11.4 Å². The van der Waals surface area contributed by atoms with Gasteiger partial charge in [0.2, 0.25) is 0 Å². The smallest absolute Gasteiger partial charge is 0.133 e. The first kappa shape index (κ1) is 13.8. The Hall–Kier alpha value is -0.630. The second-order valence-electron chi connectivity index (χ2n) is 5.56. The van der Waals surface area contributed by atoms with Crippen LogP contribution >= 0.6 is 0 Å². The van der Waals surface area contributed by atoms with Crippen molar-refractivity contribution in [2.45, 2.75) is 57.2 Å². The molecular formula is C14H24N2O2. The summed E-state index contributed by atoms with van der Waals surface area (Å²) >= 11 is 0. The molecule has 0 spiro atoms. The van der Waals surface area contributed by atoms with Crippen LogP contribution in [0, 0.1) is 17.2 Å². The highest BCUT2D eigenvalue weighted by atomic mass is 16.5. The first-order chi connectivity index (χ1) is 8.70. The van der Waals surface area contributed by atoms with Gasteiger partial charge in [0, 0.05) is 12.6 Å². The highest BCUT2D eigenvalue weighted by molar-refractivity contribution is 5.17. The third kappa shape index (κ3) is 3.68. The van der Waals surface area contributed by atoms with Gasteiger partial charge in [-0.25, -0.2) is 0 Å². The maximum atomic E-state index is 9.53. The van der Waals surface area contributed by atoms with Crippen LogP contribution in [0.4, 0.5) is 0 Å². The summed E-state index contributed by atoms with van der Waals surface area (Å²) < 4.78 is 11.2. The quantitative estimate of drug-likeness (QED) is 0.680. The Bertz CT molecular complexity index is 307. The van der Waals surface area contributed by atoms with Crippen molar-refractivity contribution in [1.82, 2.24) is 5.32 Å². The van der Waals surface area contributed by atoms with Gasteiger partial charge in [0.05, 0.1) is 25.4 Å². The molecule has 4 heteroatoms. The van der Waals surface area contributed by atoms with E-state index in [4.69, 9.17) is 9.47 Å². The van der Waals surface area contributed by atoms with E-state index in [0.29, 0.717) is 31.8 Å². The molecule has 2 rings (SSSR count). The minimum absolute atomic E-state index is 0.0532. The first-order valence-electron chi connectivity index (χ1n) is 7.08. The van der Waals surface area contributed by atoms with Crippen molar-refractivity contribution in [3.05, 3.63) is 0 Å². The van der Waals surface area contributed by atoms with Crippen LogP contribution in [0.2, 0.25) is 0 Å². The molecule has 0 radical (unpaired) electrons. The van der Waals surface area contributed by atoms with Crippen LogP contribution in [0.15, 0.2) is 0 Å². The Labute approximate surface area is 110 Å². The molecule has 2 unspecified atom stereocenters. The summed E-state index contributed by atoms with van der Waals surface area (Å²) in [5.41, 5.74) is -0.457. The molecule has 0 aliphatic heterocycles. The molecule has 2 atom stereocenters. The van der Waals surface area contributed by atoms with Crippen LogP contribution in [-0.4, -0.2) is 37.5 Å². The van der Waals surface area contributed by atoms with Crippen LogP contribution in [0.3, 0.4) is 0 Å². The number of nitriles is 1. The van der Waals surface area contributed by atoms with E-state index < -0.39 is 5.54 Å². The molecule has 102 valence electrons. The van der Waals surface area contributed by atoms with Crippen LogP contribution in [0.1, 0.15) is 39.5 Å². The van der Waals surface area contributed by atoms with Gasteiger partial charge in [0.1, 0.15) is 5.54 Å². The van der Waals surface area contributed by atoms with Crippen molar-refractivity contribution in [2.24, 2.45) is 5.92 Å². The maximum absolute atomic E-state index is 9.53. The summed E-state index contributed by atoms with van der Waals surface area (Å²) in [4.78, 5) is 0. The SMILES string of the molecule is CCOCC(C)OCC(C#N)(NC1CC1)C1CC1. The summed E-state index contributed by atoms with van der Waals surface area (Å²) in [6, 6.07) is 3.02. The number of ether oxygens (including phenoxy) is 2. The lowest BCUT2D eigenvalue weighted by Crippen LogP contribution is -2.51. The monoisotopic (exact) mass is 252 g/mol. The molecule has 0 amide bonds. The molecule has 2 fully saturated rings. The maximum Gasteiger partial charge on any atom is 0.133 e. The molecular weight excluding hydrogens is 228 g/mol. The van der Waals surface area contributed by atoms with Crippen LogP contribution in [0.25, 0.3) is 0 Å². The minimum atomic E-state index is -0.457. The first-order valence-corrected chi connectivity index (χ1v) is 7.08. The van der Waals surface area contributed by atoms with Gasteiger partial charge in [0.25, 0.3) is 0 Å². The summed E-state index contributed by atoms with van der Waals surface area (Å²) in [5.74, 6) is 0.474. The lowest BCUT2D eigenvalue weighted by molar-refractivity contribution is -0.0235. The molecule has 0 aromatic rings. The topological polar surface area (TPSA) is 54.3 Å². The number of nitrogens with zero attached hydrogens (tertiary/aromatic N) is 1. The van der Waals surface area contributed by atoms with E-state index in [1.165, 1.54) is 12.8 Å². The lowest BCUT2D eigenvalue weighted by Gasteiger charge is -2.29. The number of rotatable bonds is 9. The Balaban J connectivity index is 1.82. The van der Waals surface area contributed by atoms with Crippen LogP contribution < -0.4 is 5.32 Å². The normalized spacial score (nSPS) is 24.3. The number of hydrogen-bond donors (Lipinski definition) is 1. The van der Waals surface area contributed by atoms with Crippen molar-refractivity contribution in [3.63, 3.8) is 0 Å². The molecule has 2 aliphatic carbocycles. The molecule has 0 aromatic carbocycles. The second-order valence-corrected chi connectivity index (χ2v) is 5.56. The van der Waals surface area contributed by atoms with Crippen molar-refractivity contribution in [1.29, 1.82) is 5.26 Å². The molecule has 0 bridgehead atoms. The van der Waals surface area contributed by atoms with Gasteiger partial charge in [-0.3, -0.25) is 5.32 Å². The Kier molecular flexibility index (Phi) is 4.60. The highest BCUT2D eigenvalue weighted by Crippen LogP contribution is 2.41. The van der Waals surface area contributed by atoms with Crippen molar-refractivity contribution >= 4 is 0 Å². The Morgan fingerprint density at radius 1 is 1.39 bits per heavy atom. The van der Waals surface area contributed by atoms with Gasteiger partial charge in [-0.05, 0) is 45.4 Å². The molecule has 18 heavy (non-hydrogen) atoms. The largest absolute Gasteiger partial charge is 0.379 e. The fraction of sp³-hybridized carbons (Fsp3) is 0.929. The fourth-order valence-electron chi connectivity index (χ4n) is 2.21. The van der Waals surface area contributed by atoms with Gasteiger partial charge < -0.3 is 9.47 Å². The zero-order valence-corrected chi connectivity index (χ0v) is 11.4. The molecule has 2 aliphatic rings. The van der Waals surface area contributed by atoms with E-state index in [1.807, 2.05) is 13.8 Å². The lowest BCUT2D eigenvalue weighted by atomic mass is 9.96.